The van der Waals surface area contributed by atoms with E-state index < -0.39 is 36.7 Å². The molecule has 1 aromatic heterocycles. The van der Waals surface area contributed by atoms with Crippen LogP contribution >= 0.6 is 0 Å². The Bertz CT molecular complexity index is 925. The van der Waals surface area contributed by atoms with Crippen molar-refractivity contribution in [3.63, 3.8) is 0 Å². The van der Waals surface area contributed by atoms with E-state index in [9.17, 15) is 21.2 Å². The van der Waals surface area contributed by atoms with Crippen LogP contribution in [0.2, 0.25) is 0 Å². The third-order valence-electron chi connectivity index (χ3n) is 3.15. The van der Waals surface area contributed by atoms with Crippen LogP contribution < -0.4 is 4.72 Å². The van der Waals surface area contributed by atoms with Gasteiger partial charge in [0.1, 0.15) is 5.82 Å². The lowest BCUT2D eigenvalue weighted by Gasteiger charge is -2.03. The minimum absolute atomic E-state index is 0.000891. The molecule has 0 saturated heterocycles. The molecule has 0 spiro atoms. The quantitative estimate of drug-likeness (QED) is 0.678. The lowest BCUT2D eigenvalue weighted by molar-refractivity contribution is 0.395. The third-order valence-corrected chi connectivity index (χ3v) is 6.13. The molecule has 0 unspecified atom stereocenters. The van der Waals surface area contributed by atoms with Crippen molar-refractivity contribution < 1.29 is 25.6 Å². The SMILES string of the molecule is CCCS(=O)(=O)NCCc1nnc(S(=O)(=O)Cc2ccccc2F)o1. The van der Waals surface area contributed by atoms with Gasteiger partial charge < -0.3 is 4.42 Å². The first-order chi connectivity index (χ1) is 11.7. The topological polar surface area (TPSA) is 119 Å². The Morgan fingerprint density at radius 1 is 1.16 bits per heavy atom. The molecule has 0 fully saturated rings. The second-order valence-corrected chi connectivity index (χ2v) is 9.07. The van der Waals surface area contributed by atoms with Gasteiger partial charge in [-0.25, -0.2) is 25.9 Å². The van der Waals surface area contributed by atoms with Crippen molar-refractivity contribution in [3.05, 3.63) is 41.5 Å². The summed E-state index contributed by atoms with van der Waals surface area (Å²) in [6.07, 6.45) is 0.527. The number of hydrogen-bond acceptors (Lipinski definition) is 7. The first kappa shape index (κ1) is 19.5. The molecule has 0 aliphatic rings. The summed E-state index contributed by atoms with van der Waals surface area (Å²) in [5.41, 5.74) is -0.00502. The second-order valence-electron chi connectivity index (χ2n) is 5.28. The van der Waals surface area contributed by atoms with E-state index in [4.69, 9.17) is 4.42 Å². The van der Waals surface area contributed by atoms with Gasteiger partial charge in [-0.1, -0.05) is 30.2 Å². The highest BCUT2D eigenvalue weighted by Crippen LogP contribution is 2.17. The predicted octanol–water partition coefficient (Wildman–Crippen LogP) is 1.05. The van der Waals surface area contributed by atoms with Crippen molar-refractivity contribution >= 4 is 19.9 Å². The number of hydrogen-bond donors (Lipinski definition) is 1. The maximum atomic E-state index is 13.6. The molecule has 0 amide bonds. The molecule has 0 aliphatic heterocycles. The van der Waals surface area contributed by atoms with Crippen LogP contribution in [0.25, 0.3) is 0 Å². The smallest absolute Gasteiger partial charge is 0.335 e. The summed E-state index contributed by atoms with van der Waals surface area (Å²) < 4.78 is 68.4. The molecular formula is C14H18FN3O5S2. The molecule has 0 aliphatic carbocycles. The number of aromatic nitrogens is 2. The fourth-order valence-electron chi connectivity index (χ4n) is 2.00. The minimum Gasteiger partial charge on any atom is -0.412 e. The van der Waals surface area contributed by atoms with Crippen molar-refractivity contribution in [2.24, 2.45) is 0 Å². The molecule has 0 saturated carbocycles. The lowest BCUT2D eigenvalue weighted by atomic mass is 10.2. The van der Waals surface area contributed by atoms with Crippen LogP contribution in [0.5, 0.6) is 0 Å². The van der Waals surface area contributed by atoms with Crippen molar-refractivity contribution in [1.82, 2.24) is 14.9 Å². The first-order valence-corrected chi connectivity index (χ1v) is 10.8. The Morgan fingerprint density at radius 3 is 2.56 bits per heavy atom. The monoisotopic (exact) mass is 391 g/mol. The average molecular weight is 391 g/mol. The summed E-state index contributed by atoms with van der Waals surface area (Å²) in [6, 6.07) is 5.49. The molecule has 0 bridgehead atoms. The van der Waals surface area contributed by atoms with Gasteiger partial charge in [0.2, 0.25) is 25.8 Å². The highest BCUT2D eigenvalue weighted by molar-refractivity contribution is 7.90. The summed E-state index contributed by atoms with van der Waals surface area (Å²) in [4.78, 5) is 0. The van der Waals surface area contributed by atoms with Crippen LogP contribution in [0.1, 0.15) is 24.8 Å². The van der Waals surface area contributed by atoms with Crippen LogP contribution in [0, 0.1) is 5.82 Å². The van der Waals surface area contributed by atoms with E-state index >= 15 is 0 Å². The number of sulfonamides is 1. The molecule has 1 N–H and O–H groups in total. The lowest BCUT2D eigenvalue weighted by Crippen LogP contribution is -2.28. The minimum atomic E-state index is -4.00. The Kier molecular flexibility index (Phi) is 6.25. The van der Waals surface area contributed by atoms with Crippen LogP contribution in [0.15, 0.2) is 33.9 Å². The Labute approximate surface area is 145 Å². The molecule has 0 atom stereocenters. The normalized spacial score (nSPS) is 12.4. The summed E-state index contributed by atoms with van der Waals surface area (Å²) >= 11 is 0. The Hall–Kier alpha value is -1.85. The van der Waals surface area contributed by atoms with Crippen molar-refractivity contribution in [2.75, 3.05) is 12.3 Å². The molecule has 138 valence electrons. The van der Waals surface area contributed by atoms with E-state index in [1.54, 1.807) is 6.92 Å². The van der Waals surface area contributed by atoms with Crippen molar-refractivity contribution in [2.45, 2.75) is 30.7 Å². The zero-order valence-electron chi connectivity index (χ0n) is 13.5. The number of halogens is 1. The van der Waals surface area contributed by atoms with E-state index in [2.05, 4.69) is 14.9 Å². The Morgan fingerprint density at radius 2 is 1.88 bits per heavy atom. The number of sulfone groups is 1. The van der Waals surface area contributed by atoms with Gasteiger partial charge in [-0.05, 0) is 12.5 Å². The fourth-order valence-corrected chi connectivity index (χ4v) is 4.25. The van der Waals surface area contributed by atoms with E-state index in [1.807, 2.05) is 0 Å². The number of rotatable bonds is 9. The van der Waals surface area contributed by atoms with Gasteiger partial charge in [-0.2, -0.15) is 0 Å². The van der Waals surface area contributed by atoms with E-state index in [1.165, 1.54) is 18.2 Å². The maximum absolute atomic E-state index is 13.6. The largest absolute Gasteiger partial charge is 0.412 e. The van der Waals surface area contributed by atoms with Gasteiger partial charge in [-0.15, -0.1) is 5.10 Å². The zero-order chi connectivity index (χ0) is 18.5. The van der Waals surface area contributed by atoms with Crippen molar-refractivity contribution in [3.8, 4) is 0 Å². The highest BCUT2D eigenvalue weighted by Gasteiger charge is 2.24. The van der Waals surface area contributed by atoms with Crippen LogP contribution in [0.3, 0.4) is 0 Å². The summed E-state index contributed by atoms with van der Waals surface area (Å²) in [5, 5.41) is 6.43. The van der Waals surface area contributed by atoms with Crippen LogP contribution in [-0.4, -0.2) is 39.3 Å². The summed E-state index contributed by atoms with van der Waals surface area (Å²) in [5.74, 6) is -1.27. The number of nitrogens with zero attached hydrogens (tertiary/aromatic N) is 2. The standard InChI is InChI=1S/C14H18FN3O5S2/c1-2-9-25(21,22)16-8-7-13-17-18-14(23-13)24(19,20)10-11-5-3-4-6-12(11)15/h3-6,16H,2,7-10H2,1H3. The van der Waals surface area contributed by atoms with Gasteiger partial charge in [0.25, 0.3) is 0 Å². The molecular weight excluding hydrogens is 373 g/mol. The zero-order valence-corrected chi connectivity index (χ0v) is 15.1. The predicted molar refractivity (Wildman–Crippen MR) is 87.4 cm³/mol. The van der Waals surface area contributed by atoms with Crippen molar-refractivity contribution in [1.29, 1.82) is 0 Å². The molecule has 25 heavy (non-hydrogen) atoms. The van der Waals surface area contributed by atoms with Gasteiger partial charge >= 0.3 is 5.22 Å². The molecule has 11 heteroatoms. The first-order valence-electron chi connectivity index (χ1n) is 7.49. The van der Waals surface area contributed by atoms with Gasteiger partial charge in [-0.3, -0.25) is 0 Å². The molecule has 2 aromatic rings. The van der Waals surface area contributed by atoms with Crippen LogP contribution in [0.4, 0.5) is 4.39 Å². The second kappa shape index (κ2) is 8.02. The maximum Gasteiger partial charge on any atom is 0.335 e. The average Bonchev–Trinajstić information content (AvgIpc) is 2.99. The van der Waals surface area contributed by atoms with Crippen LogP contribution in [-0.2, 0) is 32.0 Å². The number of benzene rings is 1. The fraction of sp³-hybridized carbons (Fsp3) is 0.429. The van der Waals surface area contributed by atoms with E-state index in [0.29, 0.717) is 6.42 Å². The van der Waals surface area contributed by atoms with Gasteiger partial charge in [0, 0.05) is 18.5 Å². The molecule has 1 heterocycles. The molecule has 1 aromatic carbocycles. The van der Waals surface area contributed by atoms with E-state index in [0.717, 1.165) is 6.07 Å². The molecule has 8 nitrogen and oxygen atoms in total. The summed E-state index contributed by atoms with van der Waals surface area (Å²) in [6.45, 7) is 1.75. The van der Waals surface area contributed by atoms with Gasteiger partial charge in [0.05, 0.1) is 11.5 Å². The Balaban J connectivity index is 2.01. The highest BCUT2D eigenvalue weighted by atomic mass is 32.2. The van der Waals surface area contributed by atoms with E-state index in [-0.39, 0.29) is 30.2 Å². The molecule has 0 radical (unpaired) electrons. The summed E-state index contributed by atoms with van der Waals surface area (Å²) in [7, 11) is -7.36. The molecule has 2 rings (SSSR count). The number of nitrogens with one attached hydrogen (secondary N) is 1. The third kappa shape index (κ3) is 5.58. The van der Waals surface area contributed by atoms with Gasteiger partial charge in [0.15, 0.2) is 0 Å².